The summed E-state index contributed by atoms with van der Waals surface area (Å²) in [4.78, 5) is 7.05. The lowest BCUT2D eigenvalue weighted by molar-refractivity contribution is 0.486. The minimum absolute atomic E-state index is 0.108. The fourth-order valence-electron chi connectivity index (χ4n) is 3.26. The number of anilines is 2. The summed E-state index contributed by atoms with van der Waals surface area (Å²) in [6.07, 6.45) is 4.79. The largest absolute Gasteiger partial charge is 0.382 e. The zero-order valence-corrected chi connectivity index (χ0v) is 14.9. The third-order valence-corrected chi connectivity index (χ3v) is 5.81. The van der Waals surface area contributed by atoms with Crippen molar-refractivity contribution in [2.75, 3.05) is 11.1 Å². The normalized spacial score (nSPS) is 15.4. The van der Waals surface area contributed by atoms with Crippen molar-refractivity contribution < 1.29 is 12.6 Å². The SMILES string of the molecule is Nc1nc2cc(OS(=O)(=O)c3ccc(NC4CCCC4)cc3)ccc2[nH]1. The molecule has 1 aliphatic rings. The van der Waals surface area contributed by atoms with Gasteiger partial charge in [-0.1, -0.05) is 12.8 Å². The van der Waals surface area contributed by atoms with Crippen molar-refractivity contribution in [3.63, 3.8) is 0 Å². The second kappa shape index (κ2) is 6.53. The van der Waals surface area contributed by atoms with Gasteiger partial charge in [-0.25, -0.2) is 4.98 Å². The van der Waals surface area contributed by atoms with Gasteiger partial charge in [-0.2, -0.15) is 8.42 Å². The molecule has 0 bridgehead atoms. The Morgan fingerprint density at radius 2 is 1.85 bits per heavy atom. The summed E-state index contributed by atoms with van der Waals surface area (Å²) in [5.74, 6) is 0.461. The maximum absolute atomic E-state index is 12.5. The molecule has 1 aliphatic carbocycles. The Morgan fingerprint density at radius 1 is 1.12 bits per heavy atom. The highest BCUT2D eigenvalue weighted by molar-refractivity contribution is 7.87. The van der Waals surface area contributed by atoms with Gasteiger partial charge in [-0.3, -0.25) is 0 Å². The Balaban J connectivity index is 1.51. The summed E-state index contributed by atoms with van der Waals surface area (Å²) in [6.45, 7) is 0. The second-order valence-electron chi connectivity index (χ2n) is 6.49. The molecule has 1 saturated carbocycles. The lowest BCUT2D eigenvalue weighted by Gasteiger charge is -2.14. The molecule has 0 radical (unpaired) electrons. The number of rotatable bonds is 5. The van der Waals surface area contributed by atoms with Crippen molar-refractivity contribution in [1.82, 2.24) is 9.97 Å². The molecule has 26 heavy (non-hydrogen) atoms. The molecule has 1 aromatic heterocycles. The van der Waals surface area contributed by atoms with Gasteiger partial charge in [-0.05, 0) is 49.2 Å². The lowest BCUT2D eigenvalue weighted by Crippen LogP contribution is -2.14. The van der Waals surface area contributed by atoms with Gasteiger partial charge in [0.25, 0.3) is 0 Å². The van der Waals surface area contributed by atoms with Gasteiger partial charge >= 0.3 is 10.1 Å². The van der Waals surface area contributed by atoms with Crippen LogP contribution in [0.1, 0.15) is 25.7 Å². The third kappa shape index (κ3) is 3.45. The van der Waals surface area contributed by atoms with Gasteiger partial charge < -0.3 is 20.2 Å². The van der Waals surface area contributed by atoms with E-state index in [9.17, 15) is 8.42 Å². The number of nitrogens with two attached hydrogens (primary N) is 1. The molecule has 0 atom stereocenters. The summed E-state index contributed by atoms with van der Waals surface area (Å²) in [7, 11) is -3.92. The molecule has 7 nitrogen and oxygen atoms in total. The van der Waals surface area contributed by atoms with Crippen molar-refractivity contribution >= 4 is 32.8 Å². The molecule has 3 aromatic rings. The molecule has 0 amide bonds. The van der Waals surface area contributed by atoms with E-state index in [-0.39, 0.29) is 16.6 Å². The van der Waals surface area contributed by atoms with Crippen LogP contribution in [0.3, 0.4) is 0 Å². The van der Waals surface area contributed by atoms with E-state index < -0.39 is 10.1 Å². The fourth-order valence-corrected chi connectivity index (χ4v) is 4.18. The molecule has 4 N–H and O–H groups in total. The van der Waals surface area contributed by atoms with Gasteiger partial charge in [0, 0.05) is 17.8 Å². The molecule has 8 heteroatoms. The highest BCUT2D eigenvalue weighted by Gasteiger charge is 2.18. The molecule has 1 heterocycles. The topological polar surface area (TPSA) is 110 Å². The number of hydrogen-bond acceptors (Lipinski definition) is 6. The first-order valence-electron chi connectivity index (χ1n) is 8.56. The van der Waals surface area contributed by atoms with E-state index in [1.807, 2.05) is 0 Å². The Kier molecular flexibility index (Phi) is 4.20. The highest BCUT2D eigenvalue weighted by Crippen LogP contribution is 2.25. The van der Waals surface area contributed by atoms with Gasteiger partial charge in [0.1, 0.15) is 10.6 Å². The number of nitrogens with zero attached hydrogens (tertiary/aromatic N) is 1. The van der Waals surface area contributed by atoms with Gasteiger partial charge in [0.05, 0.1) is 11.0 Å². The maximum Gasteiger partial charge on any atom is 0.339 e. The highest BCUT2D eigenvalue weighted by atomic mass is 32.2. The monoisotopic (exact) mass is 372 g/mol. The number of hydrogen-bond donors (Lipinski definition) is 3. The molecule has 0 aliphatic heterocycles. The molecule has 0 unspecified atom stereocenters. The van der Waals surface area contributed by atoms with Crippen molar-refractivity contribution in [2.24, 2.45) is 0 Å². The Hall–Kier alpha value is -2.74. The minimum atomic E-state index is -3.92. The predicted molar refractivity (Wildman–Crippen MR) is 101 cm³/mol. The van der Waals surface area contributed by atoms with Gasteiger partial charge in [-0.15, -0.1) is 0 Å². The average molecular weight is 372 g/mol. The molecular formula is C18H20N4O3S. The zero-order chi connectivity index (χ0) is 18.1. The molecule has 0 saturated heterocycles. The first-order valence-corrected chi connectivity index (χ1v) is 9.97. The van der Waals surface area contributed by atoms with E-state index in [1.165, 1.54) is 18.9 Å². The van der Waals surface area contributed by atoms with E-state index in [0.29, 0.717) is 11.6 Å². The van der Waals surface area contributed by atoms with Gasteiger partial charge in [0.2, 0.25) is 0 Å². The van der Waals surface area contributed by atoms with Crippen molar-refractivity contribution in [1.29, 1.82) is 0 Å². The van der Waals surface area contributed by atoms with E-state index in [0.717, 1.165) is 24.0 Å². The Morgan fingerprint density at radius 3 is 2.58 bits per heavy atom. The summed E-state index contributed by atoms with van der Waals surface area (Å²) in [5, 5.41) is 3.43. The number of nitrogens with one attached hydrogen (secondary N) is 2. The Bertz CT molecular complexity index is 1020. The number of H-pyrrole nitrogens is 1. The molecule has 2 aromatic carbocycles. The number of nitrogen functional groups attached to an aromatic ring is 1. The molecule has 0 spiro atoms. The fraction of sp³-hybridized carbons (Fsp3) is 0.278. The molecule has 136 valence electrons. The third-order valence-electron chi connectivity index (χ3n) is 4.55. The van der Waals surface area contributed by atoms with Crippen LogP contribution in [0, 0.1) is 0 Å². The second-order valence-corrected chi connectivity index (χ2v) is 8.03. The Labute approximate surface area is 151 Å². The number of fused-ring (bicyclic) bond motifs is 1. The minimum Gasteiger partial charge on any atom is -0.382 e. The zero-order valence-electron chi connectivity index (χ0n) is 14.1. The van der Waals surface area contributed by atoms with E-state index >= 15 is 0 Å². The first kappa shape index (κ1) is 16.7. The van der Waals surface area contributed by atoms with E-state index in [2.05, 4.69) is 15.3 Å². The van der Waals surface area contributed by atoms with E-state index in [4.69, 9.17) is 9.92 Å². The smallest absolute Gasteiger partial charge is 0.339 e. The van der Waals surface area contributed by atoms with Crippen LogP contribution in [0.4, 0.5) is 11.6 Å². The van der Waals surface area contributed by atoms with E-state index in [1.54, 1.807) is 36.4 Å². The lowest BCUT2D eigenvalue weighted by atomic mass is 10.2. The standard InChI is InChI=1S/C18H20N4O3S/c19-18-21-16-10-7-14(11-17(16)22-18)25-26(23,24)15-8-5-13(6-9-15)20-12-3-1-2-4-12/h5-12,20H,1-4H2,(H3,19,21,22). The molecule has 4 rings (SSSR count). The van der Waals surface area contributed by atoms with Crippen LogP contribution in [0.2, 0.25) is 0 Å². The summed E-state index contributed by atoms with van der Waals surface area (Å²) < 4.78 is 30.2. The van der Waals surface area contributed by atoms with Crippen LogP contribution < -0.4 is 15.2 Å². The van der Waals surface area contributed by atoms with Crippen LogP contribution in [-0.4, -0.2) is 24.4 Å². The predicted octanol–water partition coefficient (Wildman–Crippen LogP) is 3.27. The van der Waals surface area contributed by atoms with Crippen molar-refractivity contribution in [3.8, 4) is 5.75 Å². The van der Waals surface area contributed by atoms with Crippen LogP contribution in [0.25, 0.3) is 11.0 Å². The first-order chi connectivity index (χ1) is 12.5. The van der Waals surface area contributed by atoms with Crippen LogP contribution in [0.15, 0.2) is 47.4 Å². The number of benzene rings is 2. The van der Waals surface area contributed by atoms with Gasteiger partial charge in [0.15, 0.2) is 5.95 Å². The van der Waals surface area contributed by atoms with Crippen molar-refractivity contribution in [2.45, 2.75) is 36.6 Å². The summed E-state index contributed by atoms with van der Waals surface area (Å²) in [6, 6.07) is 11.9. The average Bonchev–Trinajstić information content (AvgIpc) is 3.23. The summed E-state index contributed by atoms with van der Waals surface area (Å²) in [5.41, 5.74) is 7.79. The van der Waals surface area contributed by atoms with Crippen molar-refractivity contribution in [3.05, 3.63) is 42.5 Å². The maximum atomic E-state index is 12.5. The number of aromatic amines is 1. The number of aromatic nitrogens is 2. The van der Waals surface area contributed by atoms with Crippen LogP contribution in [-0.2, 0) is 10.1 Å². The summed E-state index contributed by atoms with van der Waals surface area (Å²) >= 11 is 0. The number of imidazole rings is 1. The molecule has 1 fully saturated rings. The van der Waals surface area contributed by atoms with Crippen LogP contribution >= 0.6 is 0 Å². The van der Waals surface area contributed by atoms with Crippen LogP contribution in [0.5, 0.6) is 5.75 Å². The molecular weight excluding hydrogens is 352 g/mol. The quantitative estimate of drug-likeness (QED) is 0.593.